The second-order valence-corrected chi connectivity index (χ2v) is 4.66. The average molecular weight is 307 g/mol. The number of nitrogens with one attached hydrogen (secondary N) is 1. The molecule has 108 valence electrons. The van der Waals surface area contributed by atoms with E-state index >= 15 is 0 Å². The summed E-state index contributed by atoms with van der Waals surface area (Å²) in [5.74, 6) is 0.374. The summed E-state index contributed by atoms with van der Waals surface area (Å²) in [5, 5.41) is 10.9. The molecular formula is C13H11ClN4O3. The Labute approximate surface area is 124 Å². The average Bonchev–Trinajstić information content (AvgIpc) is 3.12. The van der Waals surface area contributed by atoms with Crippen molar-refractivity contribution in [2.75, 3.05) is 6.61 Å². The van der Waals surface area contributed by atoms with Crippen LogP contribution in [0.2, 0.25) is 5.02 Å². The van der Waals surface area contributed by atoms with E-state index in [4.69, 9.17) is 20.9 Å². The van der Waals surface area contributed by atoms with Crippen LogP contribution in [-0.2, 0) is 11.3 Å². The molecule has 0 aliphatic rings. The lowest BCUT2D eigenvalue weighted by Crippen LogP contribution is -2.31. The van der Waals surface area contributed by atoms with Crippen LogP contribution in [0, 0.1) is 0 Å². The second-order valence-electron chi connectivity index (χ2n) is 4.22. The lowest BCUT2D eigenvalue weighted by Gasteiger charge is -2.06. The second kappa shape index (κ2) is 5.84. The van der Waals surface area contributed by atoms with Crippen molar-refractivity contribution in [3.05, 3.63) is 47.4 Å². The van der Waals surface area contributed by atoms with Gasteiger partial charge in [0.1, 0.15) is 16.8 Å². The number of rotatable bonds is 5. The van der Waals surface area contributed by atoms with Crippen molar-refractivity contribution in [2.24, 2.45) is 0 Å². The fourth-order valence-corrected chi connectivity index (χ4v) is 1.90. The molecule has 0 aliphatic carbocycles. The van der Waals surface area contributed by atoms with Gasteiger partial charge in [0.25, 0.3) is 5.91 Å². The van der Waals surface area contributed by atoms with E-state index in [2.05, 4.69) is 15.6 Å². The molecule has 0 saturated heterocycles. The summed E-state index contributed by atoms with van der Waals surface area (Å²) in [5.41, 5.74) is 1.23. The minimum Gasteiger partial charge on any atom is -0.467 e. The zero-order valence-corrected chi connectivity index (χ0v) is 11.6. The number of aromatic nitrogens is 3. The first kappa shape index (κ1) is 13.4. The Balaban J connectivity index is 1.58. The van der Waals surface area contributed by atoms with Gasteiger partial charge in [-0.1, -0.05) is 16.4 Å². The third-order valence-corrected chi connectivity index (χ3v) is 2.97. The molecule has 0 aliphatic heterocycles. The standard InChI is InChI=1S/C13H11ClN4O3/c14-9-3-4-11-12(6-9)18(17-16-11)21-8-13(19)15-7-10-2-1-5-20-10/h1-6H,7-8H2,(H,15,19). The summed E-state index contributed by atoms with van der Waals surface area (Å²) in [6.45, 7) is 0.116. The largest absolute Gasteiger partial charge is 0.467 e. The highest BCUT2D eigenvalue weighted by Gasteiger charge is 2.08. The van der Waals surface area contributed by atoms with Gasteiger partial charge in [-0.05, 0) is 35.5 Å². The Morgan fingerprint density at radius 3 is 3.14 bits per heavy atom. The summed E-state index contributed by atoms with van der Waals surface area (Å²) >= 11 is 5.90. The summed E-state index contributed by atoms with van der Waals surface area (Å²) < 4.78 is 5.11. The number of carbonyl (C=O) groups excluding carboxylic acids is 1. The molecule has 0 bridgehead atoms. The van der Waals surface area contributed by atoms with Gasteiger partial charge in [0.05, 0.1) is 12.8 Å². The number of hydrogen-bond donors (Lipinski definition) is 1. The Hall–Kier alpha value is -2.54. The molecule has 0 atom stereocenters. The molecule has 0 fully saturated rings. The molecule has 3 aromatic rings. The van der Waals surface area contributed by atoms with Crippen molar-refractivity contribution in [3.63, 3.8) is 0 Å². The number of carbonyl (C=O) groups is 1. The Morgan fingerprint density at radius 2 is 2.33 bits per heavy atom. The number of hydrogen-bond acceptors (Lipinski definition) is 5. The zero-order chi connectivity index (χ0) is 14.7. The van der Waals surface area contributed by atoms with E-state index in [-0.39, 0.29) is 12.5 Å². The molecule has 3 rings (SSSR count). The number of benzene rings is 1. The molecule has 0 unspecified atom stereocenters. The summed E-state index contributed by atoms with van der Waals surface area (Å²) in [6, 6.07) is 8.62. The summed E-state index contributed by atoms with van der Waals surface area (Å²) in [7, 11) is 0. The molecule has 2 aromatic heterocycles. The van der Waals surface area contributed by atoms with Crippen molar-refractivity contribution in [3.8, 4) is 0 Å². The van der Waals surface area contributed by atoms with Crippen LogP contribution in [0.1, 0.15) is 5.76 Å². The van der Waals surface area contributed by atoms with Crippen LogP contribution >= 0.6 is 11.6 Å². The summed E-state index contributed by atoms with van der Waals surface area (Å²) in [4.78, 5) is 18.1. The number of amides is 1. The highest BCUT2D eigenvalue weighted by molar-refractivity contribution is 6.31. The third-order valence-electron chi connectivity index (χ3n) is 2.74. The Morgan fingerprint density at radius 1 is 1.43 bits per heavy atom. The third kappa shape index (κ3) is 3.14. The van der Waals surface area contributed by atoms with Gasteiger partial charge in [-0.15, -0.1) is 5.10 Å². The molecule has 2 heterocycles. The number of furan rings is 1. The van der Waals surface area contributed by atoms with E-state index < -0.39 is 0 Å². The van der Waals surface area contributed by atoms with Gasteiger partial charge in [0, 0.05) is 5.02 Å². The molecule has 21 heavy (non-hydrogen) atoms. The van der Waals surface area contributed by atoms with E-state index in [1.54, 1.807) is 36.6 Å². The van der Waals surface area contributed by atoms with Crippen molar-refractivity contribution in [1.29, 1.82) is 0 Å². The van der Waals surface area contributed by atoms with Crippen molar-refractivity contribution < 1.29 is 14.0 Å². The maximum Gasteiger partial charge on any atom is 0.261 e. The van der Waals surface area contributed by atoms with Gasteiger partial charge in [-0.3, -0.25) is 4.79 Å². The van der Waals surface area contributed by atoms with E-state index in [1.807, 2.05) is 0 Å². The van der Waals surface area contributed by atoms with Crippen LogP contribution in [-0.4, -0.2) is 27.7 Å². The zero-order valence-electron chi connectivity index (χ0n) is 10.8. The highest BCUT2D eigenvalue weighted by atomic mass is 35.5. The van der Waals surface area contributed by atoms with Crippen LogP contribution < -0.4 is 10.2 Å². The van der Waals surface area contributed by atoms with Crippen molar-refractivity contribution in [2.45, 2.75) is 6.54 Å². The van der Waals surface area contributed by atoms with Gasteiger partial charge < -0.3 is 14.6 Å². The molecule has 8 heteroatoms. The van der Waals surface area contributed by atoms with Crippen LogP contribution in [0.25, 0.3) is 11.0 Å². The number of fused-ring (bicyclic) bond motifs is 1. The number of halogens is 1. The molecule has 1 amide bonds. The van der Waals surface area contributed by atoms with E-state index in [0.717, 1.165) is 0 Å². The van der Waals surface area contributed by atoms with E-state index in [0.29, 0.717) is 28.4 Å². The molecule has 7 nitrogen and oxygen atoms in total. The van der Waals surface area contributed by atoms with Crippen molar-refractivity contribution in [1.82, 2.24) is 20.5 Å². The summed E-state index contributed by atoms with van der Waals surface area (Å²) in [6.07, 6.45) is 1.54. The van der Waals surface area contributed by atoms with Crippen LogP contribution in [0.15, 0.2) is 41.0 Å². The van der Waals surface area contributed by atoms with Gasteiger partial charge in [-0.25, -0.2) is 0 Å². The maximum absolute atomic E-state index is 11.7. The number of nitrogens with zero attached hydrogens (tertiary/aromatic N) is 3. The van der Waals surface area contributed by atoms with Crippen LogP contribution in [0.5, 0.6) is 0 Å². The minimum absolute atomic E-state index is 0.189. The molecular weight excluding hydrogens is 296 g/mol. The van der Waals surface area contributed by atoms with Gasteiger partial charge >= 0.3 is 0 Å². The molecule has 0 spiro atoms. The lowest BCUT2D eigenvalue weighted by atomic mass is 10.3. The molecule has 0 radical (unpaired) electrons. The molecule has 0 saturated carbocycles. The van der Waals surface area contributed by atoms with Crippen LogP contribution in [0.4, 0.5) is 0 Å². The lowest BCUT2D eigenvalue weighted by molar-refractivity contribution is -0.126. The monoisotopic (exact) mass is 306 g/mol. The minimum atomic E-state index is -0.294. The van der Waals surface area contributed by atoms with Crippen molar-refractivity contribution >= 4 is 28.5 Å². The van der Waals surface area contributed by atoms with Crippen LogP contribution in [0.3, 0.4) is 0 Å². The van der Waals surface area contributed by atoms with E-state index in [9.17, 15) is 4.79 Å². The SMILES string of the molecule is O=C(COn1nnc2ccc(Cl)cc21)NCc1ccco1. The highest BCUT2D eigenvalue weighted by Crippen LogP contribution is 2.16. The van der Waals surface area contributed by atoms with E-state index in [1.165, 1.54) is 4.85 Å². The predicted octanol–water partition coefficient (Wildman–Crippen LogP) is 1.42. The predicted molar refractivity (Wildman–Crippen MR) is 74.5 cm³/mol. The molecule has 1 aromatic carbocycles. The first-order valence-corrected chi connectivity index (χ1v) is 6.53. The molecule has 1 N–H and O–H groups in total. The maximum atomic E-state index is 11.7. The Bertz CT molecular complexity index is 754. The normalized spacial score (nSPS) is 10.7. The first-order chi connectivity index (χ1) is 10.2. The first-order valence-electron chi connectivity index (χ1n) is 6.16. The Kier molecular flexibility index (Phi) is 3.74. The topological polar surface area (TPSA) is 82.2 Å². The smallest absolute Gasteiger partial charge is 0.261 e. The fraction of sp³-hybridized carbons (Fsp3) is 0.154. The van der Waals surface area contributed by atoms with Gasteiger partial charge in [0.15, 0.2) is 6.61 Å². The van der Waals surface area contributed by atoms with Gasteiger partial charge in [0.2, 0.25) is 0 Å². The van der Waals surface area contributed by atoms with Gasteiger partial charge in [-0.2, -0.15) is 0 Å². The fourth-order valence-electron chi connectivity index (χ4n) is 1.74. The quantitative estimate of drug-likeness (QED) is 0.771.